The standard InChI is InChI=1S/C19H24N4O2/c1-14-13-17(15(2)20-14)18(24)22-9-6-10-23(12-11-22)19(25)21-16-7-4-3-5-8-16/h3-5,7-8,13,20H,6,9-12H2,1-2H3,(H,21,25). The molecule has 1 aliphatic heterocycles. The Morgan fingerprint density at radius 1 is 1.00 bits per heavy atom. The molecular formula is C19H24N4O2. The molecule has 1 fully saturated rings. The largest absolute Gasteiger partial charge is 0.362 e. The molecule has 1 saturated heterocycles. The summed E-state index contributed by atoms with van der Waals surface area (Å²) < 4.78 is 0. The van der Waals surface area contributed by atoms with Gasteiger partial charge >= 0.3 is 6.03 Å². The van der Waals surface area contributed by atoms with Gasteiger partial charge in [-0.3, -0.25) is 4.79 Å². The quantitative estimate of drug-likeness (QED) is 0.882. The van der Waals surface area contributed by atoms with Crippen molar-refractivity contribution in [3.63, 3.8) is 0 Å². The van der Waals surface area contributed by atoms with E-state index in [0.717, 1.165) is 29.1 Å². The highest BCUT2D eigenvalue weighted by Crippen LogP contribution is 2.15. The third-order valence-electron chi connectivity index (χ3n) is 4.48. The Kier molecular flexibility index (Phi) is 5.07. The molecule has 25 heavy (non-hydrogen) atoms. The van der Waals surface area contributed by atoms with Gasteiger partial charge in [0.2, 0.25) is 0 Å². The zero-order valence-electron chi connectivity index (χ0n) is 14.7. The summed E-state index contributed by atoms with van der Waals surface area (Å²) >= 11 is 0. The number of carbonyl (C=O) groups excluding carboxylic acids is 2. The molecule has 132 valence electrons. The van der Waals surface area contributed by atoms with Gasteiger partial charge in [0.1, 0.15) is 0 Å². The number of para-hydroxylation sites is 1. The molecule has 6 heteroatoms. The van der Waals surface area contributed by atoms with Crippen LogP contribution in [0.2, 0.25) is 0 Å². The first kappa shape index (κ1) is 17.1. The summed E-state index contributed by atoms with van der Waals surface area (Å²) in [7, 11) is 0. The first-order chi connectivity index (χ1) is 12.0. The van der Waals surface area contributed by atoms with Crippen LogP contribution >= 0.6 is 0 Å². The van der Waals surface area contributed by atoms with Crippen molar-refractivity contribution in [3.8, 4) is 0 Å². The summed E-state index contributed by atoms with van der Waals surface area (Å²) in [5.74, 6) is 0.0344. The van der Waals surface area contributed by atoms with Gasteiger partial charge in [-0.15, -0.1) is 0 Å². The highest BCUT2D eigenvalue weighted by Gasteiger charge is 2.24. The maximum atomic E-state index is 12.7. The number of aryl methyl sites for hydroxylation is 2. The minimum absolute atomic E-state index is 0.0344. The van der Waals surface area contributed by atoms with Gasteiger partial charge in [-0.25, -0.2) is 4.79 Å². The molecule has 2 aromatic rings. The molecule has 0 aliphatic carbocycles. The monoisotopic (exact) mass is 340 g/mol. The lowest BCUT2D eigenvalue weighted by Crippen LogP contribution is -2.39. The lowest BCUT2D eigenvalue weighted by molar-refractivity contribution is 0.0762. The van der Waals surface area contributed by atoms with Crippen molar-refractivity contribution in [2.45, 2.75) is 20.3 Å². The van der Waals surface area contributed by atoms with Crippen LogP contribution in [-0.4, -0.2) is 52.9 Å². The third kappa shape index (κ3) is 4.02. The average Bonchev–Trinajstić information content (AvgIpc) is 2.80. The van der Waals surface area contributed by atoms with Gasteiger partial charge in [-0.05, 0) is 38.5 Å². The predicted molar refractivity (Wildman–Crippen MR) is 97.8 cm³/mol. The van der Waals surface area contributed by atoms with E-state index in [2.05, 4.69) is 10.3 Å². The second kappa shape index (κ2) is 7.42. The normalized spacial score (nSPS) is 15.0. The minimum atomic E-state index is -0.117. The zero-order chi connectivity index (χ0) is 17.8. The summed E-state index contributed by atoms with van der Waals surface area (Å²) in [5.41, 5.74) is 3.38. The van der Waals surface area contributed by atoms with Crippen molar-refractivity contribution >= 4 is 17.6 Å². The Labute approximate surface area is 147 Å². The SMILES string of the molecule is Cc1cc(C(=O)N2CCCN(C(=O)Nc3ccccc3)CC2)c(C)[nH]1. The molecule has 1 aliphatic rings. The van der Waals surface area contributed by atoms with Crippen molar-refractivity contribution in [3.05, 3.63) is 53.3 Å². The van der Waals surface area contributed by atoms with E-state index in [4.69, 9.17) is 0 Å². The van der Waals surface area contributed by atoms with Gasteiger partial charge in [-0.1, -0.05) is 18.2 Å². The molecule has 0 radical (unpaired) electrons. The van der Waals surface area contributed by atoms with Crippen LogP contribution in [0.25, 0.3) is 0 Å². The summed E-state index contributed by atoms with van der Waals surface area (Å²) in [6, 6.07) is 11.2. The van der Waals surface area contributed by atoms with Crippen molar-refractivity contribution < 1.29 is 9.59 Å². The van der Waals surface area contributed by atoms with Crippen LogP contribution in [-0.2, 0) is 0 Å². The molecule has 0 saturated carbocycles. The molecule has 0 unspecified atom stereocenters. The molecule has 1 aromatic heterocycles. The summed E-state index contributed by atoms with van der Waals surface area (Å²) in [6.45, 7) is 6.25. The van der Waals surface area contributed by atoms with Crippen LogP contribution in [0, 0.1) is 13.8 Å². The number of benzene rings is 1. The Balaban J connectivity index is 1.61. The first-order valence-corrected chi connectivity index (χ1v) is 8.61. The van der Waals surface area contributed by atoms with Crippen LogP contribution in [0.4, 0.5) is 10.5 Å². The smallest absolute Gasteiger partial charge is 0.321 e. The first-order valence-electron chi connectivity index (χ1n) is 8.61. The number of rotatable bonds is 2. The Hall–Kier alpha value is -2.76. The Morgan fingerprint density at radius 2 is 1.68 bits per heavy atom. The highest BCUT2D eigenvalue weighted by atomic mass is 16.2. The fourth-order valence-electron chi connectivity index (χ4n) is 3.16. The average molecular weight is 340 g/mol. The van der Waals surface area contributed by atoms with E-state index in [-0.39, 0.29) is 11.9 Å². The Bertz CT molecular complexity index is 754. The van der Waals surface area contributed by atoms with E-state index in [1.807, 2.05) is 55.1 Å². The van der Waals surface area contributed by atoms with Crippen LogP contribution in [0.3, 0.4) is 0 Å². The molecule has 1 aromatic carbocycles. The molecule has 3 rings (SSSR count). The van der Waals surface area contributed by atoms with Gasteiger partial charge in [0.15, 0.2) is 0 Å². The second-order valence-corrected chi connectivity index (χ2v) is 6.42. The fraction of sp³-hybridized carbons (Fsp3) is 0.368. The number of aromatic nitrogens is 1. The van der Waals surface area contributed by atoms with E-state index >= 15 is 0 Å². The number of hydrogen-bond acceptors (Lipinski definition) is 2. The molecule has 2 heterocycles. The van der Waals surface area contributed by atoms with Crippen LogP contribution in [0.5, 0.6) is 0 Å². The van der Waals surface area contributed by atoms with Gasteiger partial charge < -0.3 is 20.1 Å². The number of nitrogens with one attached hydrogen (secondary N) is 2. The lowest BCUT2D eigenvalue weighted by atomic mass is 10.2. The number of anilines is 1. The van der Waals surface area contributed by atoms with E-state index in [0.29, 0.717) is 26.2 Å². The summed E-state index contributed by atoms with van der Waals surface area (Å²) in [6.07, 6.45) is 0.774. The summed E-state index contributed by atoms with van der Waals surface area (Å²) in [4.78, 5) is 32.0. The molecule has 0 spiro atoms. The molecule has 3 amide bonds. The number of hydrogen-bond donors (Lipinski definition) is 2. The van der Waals surface area contributed by atoms with E-state index in [1.165, 1.54) is 0 Å². The highest BCUT2D eigenvalue weighted by molar-refractivity contribution is 5.95. The van der Waals surface area contributed by atoms with Gasteiger partial charge in [-0.2, -0.15) is 0 Å². The third-order valence-corrected chi connectivity index (χ3v) is 4.48. The van der Waals surface area contributed by atoms with Crippen LogP contribution in [0.15, 0.2) is 36.4 Å². The number of nitrogens with zero attached hydrogens (tertiary/aromatic N) is 2. The molecule has 0 bridgehead atoms. The van der Waals surface area contributed by atoms with E-state index < -0.39 is 0 Å². The van der Waals surface area contributed by atoms with Crippen LogP contribution < -0.4 is 5.32 Å². The number of urea groups is 1. The number of H-pyrrole nitrogens is 1. The fourth-order valence-corrected chi connectivity index (χ4v) is 3.16. The van der Waals surface area contributed by atoms with Crippen molar-refractivity contribution in [2.24, 2.45) is 0 Å². The van der Waals surface area contributed by atoms with Crippen molar-refractivity contribution in [1.82, 2.24) is 14.8 Å². The maximum Gasteiger partial charge on any atom is 0.321 e. The predicted octanol–water partition coefficient (Wildman–Crippen LogP) is 3.01. The second-order valence-electron chi connectivity index (χ2n) is 6.42. The number of aromatic amines is 1. The number of amides is 3. The van der Waals surface area contributed by atoms with Gasteiger partial charge in [0.05, 0.1) is 5.56 Å². The topological polar surface area (TPSA) is 68.4 Å². The van der Waals surface area contributed by atoms with Crippen molar-refractivity contribution in [2.75, 3.05) is 31.5 Å². The van der Waals surface area contributed by atoms with Gasteiger partial charge in [0.25, 0.3) is 5.91 Å². The number of carbonyl (C=O) groups is 2. The summed E-state index contributed by atoms with van der Waals surface area (Å²) in [5, 5.41) is 2.91. The minimum Gasteiger partial charge on any atom is -0.362 e. The molecular weight excluding hydrogens is 316 g/mol. The lowest BCUT2D eigenvalue weighted by Gasteiger charge is -2.22. The molecule has 6 nitrogen and oxygen atoms in total. The Morgan fingerprint density at radius 3 is 2.36 bits per heavy atom. The van der Waals surface area contributed by atoms with Gasteiger partial charge in [0, 0.05) is 43.3 Å². The van der Waals surface area contributed by atoms with E-state index in [1.54, 1.807) is 4.90 Å². The molecule has 0 atom stereocenters. The van der Waals surface area contributed by atoms with E-state index in [9.17, 15) is 9.59 Å². The van der Waals surface area contributed by atoms with Crippen LogP contribution in [0.1, 0.15) is 28.2 Å². The zero-order valence-corrected chi connectivity index (χ0v) is 14.7. The maximum absolute atomic E-state index is 12.7. The molecule has 2 N–H and O–H groups in total. The van der Waals surface area contributed by atoms with Crippen molar-refractivity contribution in [1.29, 1.82) is 0 Å².